The van der Waals surface area contributed by atoms with Gasteiger partial charge in [0.05, 0.1) is 29.3 Å². The van der Waals surface area contributed by atoms with E-state index >= 15 is 0 Å². The lowest BCUT2D eigenvalue weighted by molar-refractivity contribution is -0.136. The molecule has 29 heavy (non-hydrogen) atoms. The third-order valence-electron chi connectivity index (χ3n) is 4.76. The van der Waals surface area contributed by atoms with Crippen molar-refractivity contribution < 1.29 is 24.2 Å². The van der Waals surface area contributed by atoms with E-state index in [1.165, 1.54) is 0 Å². The number of aliphatic carboxylic acids is 1. The van der Waals surface area contributed by atoms with Crippen LogP contribution >= 0.6 is 0 Å². The lowest BCUT2D eigenvalue weighted by Gasteiger charge is -2.16. The quantitative estimate of drug-likeness (QED) is 0.666. The molecule has 4 rings (SSSR count). The third kappa shape index (κ3) is 3.23. The number of anilines is 1. The van der Waals surface area contributed by atoms with E-state index < -0.39 is 17.8 Å². The van der Waals surface area contributed by atoms with E-state index in [2.05, 4.69) is 0 Å². The second kappa shape index (κ2) is 7.05. The van der Waals surface area contributed by atoms with Crippen molar-refractivity contribution in [2.45, 2.75) is 26.4 Å². The summed E-state index contributed by atoms with van der Waals surface area (Å²) in [5.41, 5.74) is 1.55. The molecule has 0 saturated heterocycles. The molecule has 0 bridgehead atoms. The zero-order valence-corrected chi connectivity index (χ0v) is 16.0. The maximum absolute atomic E-state index is 13.2. The summed E-state index contributed by atoms with van der Waals surface area (Å²) < 4.78 is 5.97. The second-order valence-electron chi connectivity index (χ2n) is 7.20. The Bertz CT molecular complexity index is 1150. The fourth-order valence-corrected chi connectivity index (χ4v) is 3.55. The number of carbonyl (C=O) groups excluding carboxylic acids is 2. The number of imide groups is 1. The highest BCUT2D eigenvalue weighted by molar-refractivity contribution is 6.36. The van der Waals surface area contributed by atoms with Crippen LogP contribution in [0.1, 0.15) is 40.1 Å². The summed E-state index contributed by atoms with van der Waals surface area (Å²) in [7, 11) is 0. The van der Waals surface area contributed by atoms with Crippen molar-refractivity contribution in [1.82, 2.24) is 0 Å². The molecule has 0 saturated carbocycles. The Kier molecular flexibility index (Phi) is 4.54. The topological polar surface area (TPSA) is 83.9 Å². The van der Waals surface area contributed by atoms with E-state index in [0.29, 0.717) is 22.6 Å². The van der Waals surface area contributed by atoms with Gasteiger partial charge in [-0.25, -0.2) is 4.90 Å². The van der Waals surface area contributed by atoms with E-state index in [1.807, 2.05) is 38.1 Å². The Balaban J connectivity index is 1.82. The average molecular weight is 389 g/mol. The minimum absolute atomic E-state index is 0.125. The Morgan fingerprint density at radius 3 is 2.38 bits per heavy atom. The molecule has 1 aliphatic rings. The first-order valence-electron chi connectivity index (χ1n) is 9.28. The predicted octanol–water partition coefficient (Wildman–Crippen LogP) is 4.05. The number of rotatable bonds is 5. The SMILES string of the molecule is CC(C)Oc1c2c(cc3ccccc13)C(=O)N(c1ccc(CC(=O)O)cc1)C2=O. The molecule has 3 aromatic rings. The Labute approximate surface area is 167 Å². The van der Waals surface area contributed by atoms with Gasteiger partial charge in [0, 0.05) is 5.39 Å². The van der Waals surface area contributed by atoms with Gasteiger partial charge in [-0.15, -0.1) is 0 Å². The van der Waals surface area contributed by atoms with Gasteiger partial charge >= 0.3 is 5.97 Å². The van der Waals surface area contributed by atoms with Crippen LogP contribution in [0.4, 0.5) is 5.69 Å². The zero-order valence-electron chi connectivity index (χ0n) is 16.0. The van der Waals surface area contributed by atoms with Crippen molar-refractivity contribution in [3.05, 3.63) is 71.3 Å². The van der Waals surface area contributed by atoms with Gasteiger partial charge in [0.15, 0.2) is 0 Å². The van der Waals surface area contributed by atoms with Gasteiger partial charge in [0.1, 0.15) is 5.75 Å². The molecule has 0 atom stereocenters. The number of ether oxygens (including phenoxy) is 1. The van der Waals surface area contributed by atoms with E-state index in [1.54, 1.807) is 30.3 Å². The molecule has 2 amide bonds. The average Bonchev–Trinajstić information content (AvgIpc) is 2.92. The summed E-state index contributed by atoms with van der Waals surface area (Å²) in [5, 5.41) is 10.5. The standard InChI is InChI=1S/C23H19NO5/c1-13(2)29-21-17-6-4-3-5-15(17)12-18-20(21)23(28)24(22(18)27)16-9-7-14(8-10-16)11-19(25)26/h3-10,12-13H,11H2,1-2H3,(H,25,26). The molecule has 0 fully saturated rings. The van der Waals surface area contributed by atoms with Gasteiger partial charge in [-0.2, -0.15) is 0 Å². The van der Waals surface area contributed by atoms with Gasteiger partial charge in [0.2, 0.25) is 0 Å². The summed E-state index contributed by atoms with van der Waals surface area (Å²) in [4.78, 5) is 38.3. The van der Waals surface area contributed by atoms with Crippen molar-refractivity contribution in [2.24, 2.45) is 0 Å². The highest BCUT2D eigenvalue weighted by atomic mass is 16.5. The van der Waals surface area contributed by atoms with Crippen LogP contribution in [0.5, 0.6) is 5.75 Å². The fraction of sp³-hybridized carbons (Fsp3) is 0.174. The first kappa shape index (κ1) is 18.7. The maximum Gasteiger partial charge on any atom is 0.307 e. The summed E-state index contributed by atoms with van der Waals surface area (Å²) >= 11 is 0. The molecular weight excluding hydrogens is 370 g/mol. The van der Waals surface area contributed by atoms with Gasteiger partial charge in [-0.05, 0) is 43.0 Å². The van der Waals surface area contributed by atoms with Gasteiger partial charge in [-0.1, -0.05) is 36.4 Å². The van der Waals surface area contributed by atoms with E-state index in [9.17, 15) is 14.4 Å². The predicted molar refractivity (Wildman–Crippen MR) is 109 cm³/mol. The van der Waals surface area contributed by atoms with Gasteiger partial charge < -0.3 is 9.84 Å². The largest absolute Gasteiger partial charge is 0.489 e. The molecule has 0 aliphatic carbocycles. The summed E-state index contributed by atoms with van der Waals surface area (Å²) in [6.07, 6.45) is -0.294. The Hall–Kier alpha value is -3.67. The normalized spacial score (nSPS) is 13.3. The van der Waals surface area contributed by atoms with Crippen LogP contribution < -0.4 is 9.64 Å². The fourth-order valence-electron chi connectivity index (χ4n) is 3.55. The number of amides is 2. The summed E-state index contributed by atoms with van der Waals surface area (Å²) in [6.45, 7) is 3.74. The minimum atomic E-state index is -0.944. The first-order valence-corrected chi connectivity index (χ1v) is 9.28. The minimum Gasteiger partial charge on any atom is -0.489 e. The highest BCUT2D eigenvalue weighted by Gasteiger charge is 2.40. The second-order valence-corrected chi connectivity index (χ2v) is 7.20. The van der Waals surface area contributed by atoms with Crippen LogP contribution in [0.2, 0.25) is 0 Å². The number of carboxylic acid groups (broad SMARTS) is 1. The molecule has 146 valence electrons. The van der Waals surface area contributed by atoms with Crippen LogP contribution in [-0.2, 0) is 11.2 Å². The molecule has 3 aromatic carbocycles. The monoisotopic (exact) mass is 389 g/mol. The Morgan fingerprint density at radius 2 is 1.72 bits per heavy atom. The third-order valence-corrected chi connectivity index (χ3v) is 4.76. The molecule has 6 nitrogen and oxygen atoms in total. The lowest BCUT2D eigenvalue weighted by Crippen LogP contribution is -2.29. The van der Waals surface area contributed by atoms with Gasteiger partial charge in [0.25, 0.3) is 11.8 Å². The van der Waals surface area contributed by atoms with Crippen molar-refractivity contribution in [3.8, 4) is 5.75 Å². The van der Waals surface area contributed by atoms with Crippen molar-refractivity contribution >= 4 is 34.2 Å². The van der Waals surface area contributed by atoms with Crippen molar-refractivity contribution in [2.75, 3.05) is 4.90 Å². The zero-order chi connectivity index (χ0) is 20.7. The molecule has 0 aromatic heterocycles. The molecule has 0 radical (unpaired) electrons. The Morgan fingerprint density at radius 1 is 1.03 bits per heavy atom. The van der Waals surface area contributed by atoms with Crippen LogP contribution in [-0.4, -0.2) is 29.0 Å². The number of benzene rings is 3. The number of carboxylic acids is 1. The first-order chi connectivity index (χ1) is 13.9. The number of fused-ring (bicyclic) bond motifs is 2. The van der Waals surface area contributed by atoms with Gasteiger partial charge in [-0.3, -0.25) is 14.4 Å². The van der Waals surface area contributed by atoms with Crippen LogP contribution in [0.15, 0.2) is 54.6 Å². The lowest BCUT2D eigenvalue weighted by atomic mass is 10.0. The van der Waals surface area contributed by atoms with E-state index in [0.717, 1.165) is 15.7 Å². The molecule has 0 unspecified atom stereocenters. The van der Waals surface area contributed by atoms with Crippen LogP contribution in [0.3, 0.4) is 0 Å². The number of hydrogen-bond donors (Lipinski definition) is 1. The molecule has 6 heteroatoms. The molecule has 1 heterocycles. The van der Waals surface area contributed by atoms with Crippen LogP contribution in [0, 0.1) is 0 Å². The number of nitrogens with zero attached hydrogens (tertiary/aromatic N) is 1. The summed E-state index contributed by atoms with van der Waals surface area (Å²) in [6, 6.07) is 15.6. The number of carbonyl (C=O) groups is 3. The number of hydrogen-bond acceptors (Lipinski definition) is 4. The molecule has 1 aliphatic heterocycles. The smallest absolute Gasteiger partial charge is 0.307 e. The highest BCUT2D eigenvalue weighted by Crippen LogP contribution is 2.40. The van der Waals surface area contributed by atoms with E-state index in [4.69, 9.17) is 9.84 Å². The summed E-state index contributed by atoms with van der Waals surface area (Å²) in [5.74, 6) is -1.40. The maximum atomic E-state index is 13.2. The van der Waals surface area contributed by atoms with Crippen molar-refractivity contribution in [1.29, 1.82) is 0 Å². The molecule has 1 N–H and O–H groups in total. The molecule has 0 spiro atoms. The molecular formula is C23H19NO5. The van der Waals surface area contributed by atoms with Crippen LogP contribution in [0.25, 0.3) is 10.8 Å². The van der Waals surface area contributed by atoms with Crippen molar-refractivity contribution in [3.63, 3.8) is 0 Å². The van der Waals surface area contributed by atoms with E-state index in [-0.39, 0.29) is 18.1 Å².